The van der Waals surface area contributed by atoms with E-state index < -0.39 is 5.63 Å². The highest BCUT2D eigenvalue weighted by atomic mass is 16.4. The van der Waals surface area contributed by atoms with Crippen molar-refractivity contribution < 1.29 is 9.21 Å². The van der Waals surface area contributed by atoms with Gasteiger partial charge < -0.3 is 14.3 Å². The topological polar surface area (TPSA) is 94.2 Å². The summed E-state index contributed by atoms with van der Waals surface area (Å²) in [5.41, 5.74) is 2.91. The van der Waals surface area contributed by atoms with E-state index in [1.165, 1.54) is 17.0 Å². The number of hydrogen-bond acceptors (Lipinski definition) is 5. The minimum Gasteiger partial charge on any atom is -0.423 e. The molecular formula is C21H17N3O4. The maximum absolute atomic E-state index is 12.7. The maximum Gasteiger partial charge on any atom is 0.336 e. The molecule has 0 atom stereocenters. The van der Waals surface area contributed by atoms with Gasteiger partial charge in [0.15, 0.2) is 0 Å². The molecule has 0 saturated carbocycles. The number of fused-ring (bicyclic) bond motifs is 2. The van der Waals surface area contributed by atoms with Gasteiger partial charge in [0.05, 0.1) is 17.2 Å². The van der Waals surface area contributed by atoms with E-state index in [4.69, 9.17) is 4.42 Å². The lowest BCUT2D eigenvalue weighted by molar-refractivity contribution is 0.102. The van der Waals surface area contributed by atoms with Crippen molar-refractivity contribution in [3.8, 4) is 0 Å². The van der Waals surface area contributed by atoms with Crippen LogP contribution in [0.4, 0.5) is 5.69 Å². The molecular weight excluding hydrogens is 358 g/mol. The normalized spacial score (nSPS) is 11.1. The molecule has 1 amide bonds. The summed E-state index contributed by atoms with van der Waals surface area (Å²) in [6.45, 7) is 3.64. The first kappa shape index (κ1) is 17.7. The number of anilines is 1. The third-order valence-electron chi connectivity index (χ3n) is 4.73. The molecule has 0 spiro atoms. The second kappa shape index (κ2) is 6.45. The molecule has 0 radical (unpaired) electrons. The van der Waals surface area contributed by atoms with E-state index in [9.17, 15) is 14.4 Å². The van der Waals surface area contributed by atoms with Gasteiger partial charge in [-0.05, 0) is 55.3 Å². The number of aromatic nitrogens is 2. The van der Waals surface area contributed by atoms with Crippen LogP contribution < -0.4 is 16.5 Å². The van der Waals surface area contributed by atoms with E-state index in [0.29, 0.717) is 27.7 Å². The van der Waals surface area contributed by atoms with E-state index in [2.05, 4.69) is 10.3 Å². The first-order chi connectivity index (χ1) is 13.3. The van der Waals surface area contributed by atoms with Crippen LogP contribution in [0, 0.1) is 13.8 Å². The molecule has 0 aliphatic heterocycles. The highest BCUT2D eigenvalue weighted by Gasteiger charge is 2.13. The van der Waals surface area contributed by atoms with Gasteiger partial charge in [-0.2, -0.15) is 0 Å². The second-order valence-electron chi connectivity index (χ2n) is 6.76. The molecule has 2 aromatic carbocycles. The summed E-state index contributed by atoms with van der Waals surface area (Å²) in [6, 6.07) is 9.72. The quantitative estimate of drug-likeness (QED) is 0.544. The molecule has 0 saturated heterocycles. The lowest BCUT2D eigenvalue weighted by Gasteiger charge is -2.11. The van der Waals surface area contributed by atoms with Crippen LogP contribution in [-0.2, 0) is 7.05 Å². The molecule has 7 nitrogen and oxygen atoms in total. The monoisotopic (exact) mass is 375 g/mol. The number of aryl methyl sites for hydroxylation is 3. The summed E-state index contributed by atoms with van der Waals surface area (Å²) in [5.74, 6) is -0.318. The zero-order valence-corrected chi connectivity index (χ0v) is 15.6. The van der Waals surface area contributed by atoms with E-state index in [1.807, 2.05) is 13.8 Å². The summed E-state index contributed by atoms with van der Waals surface area (Å²) >= 11 is 0. The van der Waals surface area contributed by atoms with Crippen LogP contribution in [-0.4, -0.2) is 15.5 Å². The smallest absolute Gasteiger partial charge is 0.336 e. The van der Waals surface area contributed by atoms with Crippen LogP contribution in [0.25, 0.3) is 21.9 Å². The molecule has 140 valence electrons. The van der Waals surface area contributed by atoms with Gasteiger partial charge in [0.25, 0.3) is 11.5 Å². The predicted molar refractivity (Wildman–Crippen MR) is 107 cm³/mol. The molecule has 0 unspecified atom stereocenters. The predicted octanol–water partition coefficient (Wildman–Crippen LogP) is 2.91. The fraction of sp³-hybridized carbons (Fsp3) is 0.143. The van der Waals surface area contributed by atoms with E-state index in [1.54, 1.807) is 37.4 Å². The Morgan fingerprint density at radius 2 is 1.82 bits per heavy atom. The number of benzene rings is 2. The second-order valence-corrected chi connectivity index (χ2v) is 6.76. The zero-order chi connectivity index (χ0) is 20.0. The number of carbonyl (C=O) groups excluding carboxylic acids is 1. The van der Waals surface area contributed by atoms with E-state index in [0.717, 1.165) is 16.5 Å². The number of rotatable bonds is 2. The molecule has 7 heteroatoms. The van der Waals surface area contributed by atoms with Gasteiger partial charge in [0.2, 0.25) is 0 Å². The van der Waals surface area contributed by atoms with Gasteiger partial charge in [0, 0.05) is 29.8 Å². The van der Waals surface area contributed by atoms with Crippen molar-refractivity contribution in [1.82, 2.24) is 9.55 Å². The third-order valence-corrected chi connectivity index (χ3v) is 4.73. The Kier molecular flexibility index (Phi) is 4.07. The Morgan fingerprint density at radius 3 is 2.61 bits per heavy atom. The van der Waals surface area contributed by atoms with Crippen molar-refractivity contribution in [3.63, 3.8) is 0 Å². The van der Waals surface area contributed by atoms with Crippen LogP contribution >= 0.6 is 0 Å². The van der Waals surface area contributed by atoms with Crippen molar-refractivity contribution >= 4 is 33.5 Å². The number of amides is 1. The van der Waals surface area contributed by atoms with Crippen LogP contribution in [0.15, 0.2) is 56.7 Å². The van der Waals surface area contributed by atoms with Crippen molar-refractivity contribution in [2.24, 2.45) is 7.05 Å². The Labute approximate surface area is 159 Å². The zero-order valence-electron chi connectivity index (χ0n) is 15.6. The number of nitrogens with one attached hydrogen (secondary N) is 1. The standard InChI is InChI=1S/C21H17N3O4/c1-11-7-19(25)28-18-6-12(2)16(9-15(11)18)23-20(26)13-4-5-14-17(8-13)22-10-24(3)21(14)27/h4-10H,1-3H3,(H,23,26). The third kappa shape index (κ3) is 2.96. The highest BCUT2D eigenvalue weighted by Crippen LogP contribution is 2.25. The van der Waals surface area contributed by atoms with Gasteiger partial charge in [-0.25, -0.2) is 9.78 Å². The molecule has 2 heterocycles. The van der Waals surface area contributed by atoms with E-state index >= 15 is 0 Å². The molecule has 1 N–H and O–H groups in total. The van der Waals surface area contributed by atoms with Crippen molar-refractivity contribution in [2.75, 3.05) is 5.32 Å². The fourth-order valence-corrected chi connectivity index (χ4v) is 3.15. The van der Waals surface area contributed by atoms with Crippen molar-refractivity contribution in [3.05, 3.63) is 80.2 Å². The average Bonchev–Trinajstić information content (AvgIpc) is 2.65. The fourth-order valence-electron chi connectivity index (χ4n) is 3.15. The molecule has 0 fully saturated rings. The van der Waals surface area contributed by atoms with E-state index in [-0.39, 0.29) is 11.5 Å². The Bertz CT molecular complexity index is 1380. The average molecular weight is 375 g/mol. The van der Waals surface area contributed by atoms with Crippen LogP contribution in [0.5, 0.6) is 0 Å². The summed E-state index contributed by atoms with van der Waals surface area (Å²) in [4.78, 5) is 40.6. The van der Waals surface area contributed by atoms with Gasteiger partial charge in [-0.3, -0.25) is 9.59 Å². The van der Waals surface area contributed by atoms with Gasteiger partial charge in [0.1, 0.15) is 5.58 Å². The largest absolute Gasteiger partial charge is 0.423 e. The van der Waals surface area contributed by atoms with Crippen LogP contribution in [0.1, 0.15) is 21.5 Å². The minimum absolute atomic E-state index is 0.167. The summed E-state index contributed by atoms with van der Waals surface area (Å²) in [5, 5.41) is 4.09. The Hall–Kier alpha value is -3.74. The lowest BCUT2D eigenvalue weighted by Crippen LogP contribution is -2.18. The SMILES string of the molecule is Cc1cc2oc(=O)cc(C)c2cc1NC(=O)c1ccc2c(=O)n(C)cnc2c1. The number of nitrogens with zero attached hydrogens (tertiary/aromatic N) is 2. The van der Waals surface area contributed by atoms with Gasteiger partial charge >= 0.3 is 5.63 Å². The molecule has 4 rings (SSSR count). The number of hydrogen-bond donors (Lipinski definition) is 1. The lowest BCUT2D eigenvalue weighted by atomic mass is 10.1. The van der Waals surface area contributed by atoms with Gasteiger partial charge in [-0.1, -0.05) is 0 Å². The molecule has 4 aromatic rings. The van der Waals surface area contributed by atoms with Crippen molar-refractivity contribution in [1.29, 1.82) is 0 Å². The molecule has 2 aromatic heterocycles. The van der Waals surface area contributed by atoms with Gasteiger partial charge in [-0.15, -0.1) is 0 Å². The summed E-state index contributed by atoms with van der Waals surface area (Å²) in [7, 11) is 1.63. The van der Waals surface area contributed by atoms with Crippen molar-refractivity contribution in [2.45, 2.75) is 13.8 Å². The van der Waals surface area contributed by atoms with Crippen LogP contribution in [0.2, 0.25) is 0 Å². The Morgan fingerprint density at radius 1 is 1.04 bits per heavy atom. The Balaban J connectivity index is 1.73. The molecule has 0 bridgehead atoms. The minimum atomic E-state index is -0.406. The first-order valence-corrected chi connectivity index (χ1v) is 8.65. The maximum atomic E-state index is 12.7. The molecule has 0 aliphatic carbocycles. The first-order valence-electron chi connectivity index (χ1n) is 8.65. The molecule has 0 aliphatic rings. The summed E-state index contributed by atoms with van der Waals surface area (Å²) < 4.78 is 6.62. The summed E-state index contributed by atoms with van der Waals surface area (Å²) in [6.07, 6.45) is 1.43. The highest BCUT2D eigenvalue weighted by molar-refractivity contribution is 6.07. The number of carbonyl (C=O) groups is 1. The molecule has 28 heavy (non-hydrogen) atoms. The van der Waals surface area contributed by atoms with Crippen LogP contribution in [0.3, 0.4) is 0 Å².